The Kier molecular flexibility index (Phi) is 3.64. The largest absolute Gasteiger partial charge is 0.496 e. The average Bonchev–Trinajstić information content (AvgIpc) is 3.13. The van der Waals surface area contributed by atoms with Gasteiger partial charge in [0.15, 0.2) is 0 Å². The van der Waals surface area contributed by atoms with Gasteiger partial charge in [-0.05, 0) is 57.5 Å². The number of nitrogens with two attached hydrogens (primary N) is 1. The maximum absolute atomic E-state index is 5.97. The van der Waals surface area contributed by atoms with E-state index in [4.69, 9.17) is 10.5 Å². The zero-order valence-electron chi connectivity index (χ0n) is 11.8. The summed E-state index contributed by atoms with van der Waals surface area (Å²) in [5.74, 6) is 0.978. The smallest absolute Gasteiger partial charge is 0.124 e. The molecule has 3 nitrogen and oxygen atoms in total. The van der Waals surface area contributed by atoms with Crippen molar-refractivity contribution >= 4 is 0 Å². The van der Waals surface area contributed by atoms with E-state index in [1.54, 1.807) is 7.11 Å². The average molecular weight is 248 g/mol. The Morgan fingerprint density at radius 3 is 2.50 bits per heavy atom. The quantitative estimate of drug-likeness (QED) is 0.840. The van der Waals surface area contributed by atoms with Crippen LogP contribution in [0.4, 0.5) is 0 Å². The number of hydrogen-bond acceptors (Lipinski definition) is 3. The van der Waals surface area contributed by atoms with Crippen LogP contribution >= 0.6 is 0 Å². The summed E-state index contributed by atoms with van der Waals surface area (Å²) in [5.41, 5.74) is 9.99. The molecule has 3 heteroatoms. The molecule has 0 amide bonds. The van der Waals surface area contributed by atoms with Gasteiger partial charge < -0.3 is 15.8 Å². The zero-order chi connectivity index (χ0) is 13.3. The molecule has 0 radical (unpaired) electrons. The third-order valence-corrected chi connectivity index (χ3v) is 4.20. The fourth-order valence-electron chi connectivity index (χ4n) is 3.01. The molecule has 1 fully saturated rings. The van der Waals surface area contributed by atoms with Gasteiger partial charge in [0.05, 0.1) is 7.11 Å². The van der Waals surface area contributed by atoms with Gasteiger partial charge in [0.2, 0.25) is 0 Å². The first kappa shape index (κ1) is 13.4. The highest BCUT2D eigenvalue weighted by Crippen LogP contribution is 2.55. The van der Waals surface area contributed by atoms with E-state index in [1.807, 2.05) is 7.05 Å². The lowest BCUT2D eigenvalue weighted by atomic mass is 9.86. The fraction of sp³-hybridized carbons (Fsp3) is 0.600. The summed E-state index contributed by atoms with van der Waals surface area (Å²) >= 11 is 0. The number of ether oxygens (including phenoxy) is 1. The first-order chi connectivity index (χ1) is 8.57. The molecule has 1 saturated carbocycles. The maximum atomic E-state index is 5.97. The number of nitrogens with one attached hydrogen (secondary N) is 1. The molecule has 1 aromatic rings. The molecule has 1 aliphatic carbocycles. The first-order valence-electron chi connectivity index (χ1n) is 6.60. The maximum Gasteiger partial charge on any atom is 0.124 e. The SMILES string of the molecule is CNC(c1c(C)cc(C)cc1OC)C1(CN)CC1. The topological polar surface area (TPSA) is 47.3 Å². The minimum atomic E-state index is 0.224. The van der Waals surface area contributed by atoms with Gasteiger partial charge in [0, 0.05) is 17.0 Å². The van der Waals surface area contributed by atoms with E-state index in [2.05, 4.69) is 31.3 Å². The lowest BCUT2D eigenvalue weighted by Crippen LogP contribution is -2.33. The monoisotopic (exact) mass is 248 g/mol. The molecule has 0 bridgehead atoms. The van der Waals surface area contributed by atoms with Gasteiger partial charge in [-0.25, -0.2) is 0 Å². The lowest BCUT2D eigenvalue weighted by Gasteiger charge is -2.29. The number of methoxy groups -OCH3 is 1. The molecule has 1 unspecified atom stereocenters. The van der Waals surface area contributed by atoms with E-state index in [0.29, 0.717) is 0 Å². The van der Waals surface area contributed by atoms with Crippen molar-refractivity contribution in [2.24, 2.45) is 11.1 Å². The molecular formula is C15H24N2O. The Morgan fingerprint density at radius 2 is 2.06 bits per heavy atom. The van der Waals surface area contributed by atoms with Crippen LogP contribution in [-0.4, -0.2) is 20.7 Å². The highest BCUT2D eigenvalue weighted by Gasteiger charge is 2.49. The van der Waals surface area contributed by atoms with Crippen LogP contribution in [0.2, 0.25) is 0 Å². The van der Waals surface area contributed by atoms with Crippen LogP contribution < -0.4 is 15.8 Å². The molecular weight excluding hydrogens is 224 g/mol. The van der Waals surface area contributed by atoms with Crippen LogP contribution in [0.3, 0.4) is 0 Å². The molecule has 100 valence electrons. The molecule has 0 saturated heterocycles. The predicted octanol–water partition coefficient (Wildman–Crippen LogP) is 2.31. The molecule has 0 heterocycles. The molecule has 18 heavy (non-hydrogen) atoms. The van der Waals surface area contributed by atoms with Crippen molar-refractivity contribution in [3.8, 4) is 5.75 Å². The number of benzene rings is 1. The fourth-order valence-corrected chi connectivity index (χ4v) is 3.01. The summed E-state index contributed by atoms with van der Waals surface area (Å²) in [4.78, 5) is 0. The van der Waals surface area contributed by atoms with Gasteiger partial charge in [-0.3, -0.25) is 0 Å². The summed E-state index contributed by atoms with van der Waals surface area (Å²) in [6.07, 6.45) is 2.40. The van der Waals surface area contributed by atoms with Gasteiger partial charge in [-0.1, -0.05) is 6.07 Å². The highest BCUT2D eigenvalue weighted by molar-refractivity contribution is 5.46. The third-order valence-electron chi connectivity index (χ3n) is 4.20. The molecule has 2 rings (SSSR count). The number of hydrogen-bond donors (Lipinski definition) is 2. The Morgan fingerprint density at radius 1 is 1.39 bits per heavy atom. The van der Waals surface area contributed by atoms with Crippen molar-refractivity contribution in [3.63, 3.8) is 0 Å². The highest BCUT2D eigenvalue weighted by atomic mass is 16.5. The Balaban J connectivity index is 2.48. The molecule has 0 spiro atoms. The van der Waals surface area contributed by atoms with Crippen molar-refractivity contribution in [2.75, 3.05) is 20.7 Å². The van der Waals surface area contributed by atoms with Crippen LogP contribution in [0.1, 0.15) is 35.6 Å². The summed E-state index contributed by atoms with van der Waals surface area (Å²) in [6.45, 7) is 4.99. The number of rotatable bonds is 5. The standard InChI is InChI=1S/C15H24N2O/c1-10-7-11(2)13(12(8-10)18-4)14(17-3)15(9-16)5-6-15/h7-8,14,17H,5-6,9,16H2,1-4H3. The van der Waals surface area contributed by atoms with Crippen molar-refractivity contribution in [2.45, 2.75) is 32.7 Å². The summed E-state index contributed by atoms with van der Waals surface area (Å²) in [7, 11) is 3.76. The van der Waals surface area contributed by atoms with Crippen LogP contribution in [0.25, 0.3) is 0 Å². The van der Waals surface area contributed by atoms with E-state index in [1.165, 1.54) is 29.5 Å². The zero-order valence-corrected chi connectivity index (χ0v) is 11.8. The van der Waals surface area contributed by atoms with Gasteiger partial charge >= 0.3 is 0 Å². The minimum absolute atomic E-state index is 0.224. The van der Waals surface area contributed by atoms with Crippen LogP contribution in [0.5, 0.6) is 5.75 Å². The predicted molar refractivity (Wildman–Crippen MR) is 75.0 cm³/mol. The second kappa shape index (κ2) is 4.90. The summed E-state index contributed by atoms with van der Waals surface area (Å²) in [5, 5.41) is 3.45. The van der Waals surface area contributed by atoms with E-state index in [9.17, 15) is 0 Å². The normalized spacial score (nSPS) is 18.5. The lowest BCUT2D eigenvalue weighted by molar-refractivity contribution is 0.342. The van der Waals surface area contributed by atoms with Crippen molar-refractivity contribution in [3.05, 3.63) is 28.8 Å². The summed E-state index contributed by atoms with van der Waals surface area (Å²) < 4.78 is 5.58. The van der Waals surface area contributed by atoms with Crippen molar-refractivity contribution in [1.82, 2.24) is 5.32 Å². The van der Waals surface area contributed by atoms with Crippen LogP contribution in [-0.2, 0) is 0 Å². The minimum Gasteiger partial charge on any atom is -0.496 e. The van der Waals surface area contributed by atoms with Crippen molar-refractivity contribution < 1.29 is 4.74 Å². The molecule has 3 N–H and O–H groups in total. The van der Waals surface area contributed by atoms with Gasteiger partial charge in [0.1, 0.15) is 5.75 Å². The van der Waals surface area contributed by atoms with Crippen molar-refractivity contribution in [1.29, 1.82) is 0 Å². The van der Waals surface area contributed by atoms with Gasteiger partial charge in [-0.15, -0.1) is 0 Å². The molecule has 0 aliphatic heterocycles. The van der Waals surface area contributed by atoms with Crippen LogP contribution in [0.15, 0.2) is 12.1 Å². The number of aryl methyl sites for hydroxylation is 2. The first-order valence-corrected chi connectivity index (χ1v) is 6.60. The Labute approximate surface area is 110 Å². The second-order valence-corrected chi connectivity index (χ2v) is 5.49. The molecule has 0 aromatic heterocycles. The van der Waals surface area contributed by atoms with Crippen LogP contribution in [0, 0.1) is 19.3 Å². The van der Waals surface area contributed by atoms with Gasteiger partial charge in [0.25, 0.3) is 0 Å². The molecule has 1 aromatic carbocycles. The Hall–Kier alpha value is -1.06. The summed E-state index contributed by atoms with van der Waals surface area (Å²) in [6, 6.07) is 4.62. The molecule has 1 atom stereocenters. The second-order valence-electron chi connectivity index (χ2n) is 5.49. The van der Waals surface area contributed by atoms with E-state index >= 15 is 0 Å². The van der Waals surface area contributed by atoms with Gasteiger partial charge in [-0.2, -0.15) is 0 Å². The third kappa shape index (κ3) is 2.13. The van der Waals surface area contributed by atoms with E-state index in [-0.39, 0.29) is 11.5 Å². The van der Waals surface area contributed by atoms with E-state index < -0.39 is 0 Å². The van der Waals surface area contributed by atoms with E-state index in [0.717, 1.165) is 12.3 Å². The Bertz CT molecular complexity index is 438. The molecule has 1 aliphatic rings.